The smallest absolute Gasteiger partial charge is 0.164 e. The van der Waals surface area contributed by atoms with Crippen LogP contribution in [0.4, 0.5) is 11.5 Å². The number of aliphatic hydroxyl groups is 1. The van der Waals surface area contributed by atoms with Crippen molar-refractivity contribution < 1.29 is 5.11 Å². The summed E-state index contributed by atoms with van der Waals surface area (Å²) >= 11 is 0. The zero-order valence-electron chi connectivity index (χ0n) is 13.6. The Morgan fingerprint density at radius 3 is 2.87 bits per heavy atom. The van der Waals surface area contributed by atoms with E-state index in [9.17, 15) is 5.11 Å². The molecule has 0 radical (unpaired) electrons. The molecule has 23 heavy (non-hydrogen) atoms. The van der Waals surface area contributed by atoms with Gasteiger partial charge in [0.15, 0.2) is 5.65 Å². The molecule has 1 aliphatic carbocycles. The van der Waals surface area contributed by atoms with Crippen LogP contribution in [0.1, 0.15) is 23.2 Å². The Morgan fingerprint density at radius 2 is 2.13 bits per heavy atom. The standard InChI is InChI=1S/C17H23N5O/c1-9-10-4-3-5-11(10)21-17-16(9)12(18-2)6-15(22-17)20-13-7-19-8-14(13)23/h6,13-14,19,23H,3-5,7-8H2,1-2H3,(H2,18,20,21,22)/t13-,14+/m0/s1. The van der Waals surface area contributed by atoms with E-state index in [0.717, 1.165) is 41.9 Å². The molecule has 4 rings (SSSR count). The Hall–Kier alpha value is -1.92. The van der Waals surface area contributed by atoms with Crippen LogP contribution in [0.15, 0.2) is 6.07 Å². The minimum atomic E-state index is -0.389. The molecule has 1 aliphatic heterocycles. The van der Waals surface area contributed by atoms with Crippen LogP contribution in [0.5, 0.6) is 0 Å². The Labute approximate surface area is 135 Å². The molecule has 0 unspecified atom stereocenters. The van der Waals surface area contributed by atoms with Crippen molar-refractivity contribution in [1.82, 2.24) is 15.3 Å². The van der Waals surface area contributed by atoms with Crippen molar-refractivity contribution in [3.8, 4) is 0 Å². The average Bonchev–Trinajstić information content (AvgIpc) is 3.16. The van der Waals surface area contributed by atoms with E-state index in [4.69, 9.17) is 9.97 Å². The molecule has 2 aromatic rings. The fourth-order valence-corrected chi connectivity index (χ4v) is 3.79. The number of aryl methyl sites for hydroxylation is 2. The maximum atomic E-state index is 9.98. The molecular weight excluding hydrogens is 290 g/mol. The number of hydrogen-bond acceptors (Lipinski definition) is 6. The summed E-state index contributed by atoms with van der Waals surface area (Å²) in [6.07, 6.45) is 2.96. The summed E-state index contributed by atoms with van der Waals surface area (Å²) in [7, 11) is 1.93. The normalized spacial score (nSPS) is 23.3. The molecule has 6 heteroatoms. The van der Waals surface area contributed by atoms with Gasteiger partial charge < -0.3 is 21.1 Å². The van der Waals surface area contributed by atoms with Gasteiger partial charge in [-0.3, -0.25) is 0 Å². The van der Waals surface area contributed by atoms with E-state index in [1.54, 1.807) is 0 Å². The molecule has 4 N–H and O–H groups in total. The van der Waals surface area contributed by atoms with E-state index in [1.165, 1.54) is 23.2 Å². The molecule has 0 saturated carbocycles. The lowest BCUT2D eigenvalue weighted by atomic mass is 10.0. The highest BCUT2D eigenvalue weighted by atomic mass is 16.3. The summed E-state index contributed by atoms with van der Waals surface area (Å²) < 4.78 is 0. The van der Waals surface area contributed by atoms with E-state index in [-0.39, 0.29) is 12.1 Å². The van der Waals surface area contributed by atoms with Crippen molar-refractivity contribution in [3.63, 3.8) is 0 Å². The van der Waals surface area contributed by atoms with Crippen LogP contribution in [0.25, 0.3) is 11.0 Å². The molecule has 0 aromatic carbocycles. The molecule has 2 aliphatic rings. The van der Waals surface area contributed by atoms with Crippen molar-refractivity contribution in [2.75, 3.05) is 30.8 Å². The SMILES string of the molecule is CNc1cc(N[C@H]2CNC[C@H]2O)nc2nc3c(c(C)c12)CCC3. The van der Waals surface area contributed by atoms with Crippen LogP contribution in [0.3, 0.4) is 0 Å². The minimum Gasteiger partial charge on any atom is -0.390 e. The number of aromatic nitrogens is 2. The molecule has 6 nitrogen and oxygen atoms in total. The summed E-state index contributed by atoms with van der Waals surface area (Å²) in [6, 6.07) is 2.00. The van der Waals surface area contributed by atoms with Crippen LogP contribution in [-0.2, 0) is 12.8 Å². The van der Waals surface area contributed by atoms with E-state index >= 15 is 0 Å². The molecular formula is C17H23N5O. The highest BCUT2D eigenvalue weighted by molar-refractivity contribution is 5.94. The van der Waals surface area contributed by atoms with Crippen LogP contribution in [0, 0.1) is 6.92 Å². The molecule has 2 aromatic heterocycles. The first-order valence-corrected chi connectivity index (χ1v) is 8.33. The molecule has 2 atom stereocenters. The molecule has 0 bridgehead atoms. The number of nitrogens with one attached hydrogen (secondary N) is 3. The van der Waals surface area contributed by atoms with Crippen molar-refractivity contribution in [3.05, 3.63) is 22.9 Å². The Morgan fingerprint density at radius 1 is 1.26 bits per heavy atom. The van der Waals surface area contributed by atoms with Gasteiger partial charge in [-0.15, -0.1) is 0 Å². The maximum Gasteiger partial charge on any atom is 0.164 e. The van der Waals surface area contributed by atoms with Crippen molar-refractivity contribution in [2.24, 2.45) is 0 Å². The summed E-state index contributed by atoms with van der Waals surface area (Å²) in [5.41, 5.74) is 5.72. The van der Waals surface area contributed by atoms with E-state index < -0.39 is 0 Å². The third-order valence-electron chi connectivity index (χ3n) is 5.04. The quantitative estimate of drug-likeness (QED) is 0.682. The van der Waals surface area contributed by atoms with Crippen LogP contribution >= 0.6 is 0 Å². The number of anilines is 2. The monoisotopic (exact) mass is 313 g/mol. The van der Waals surface area contributed by atoms with E-state index in [2.05, 4.69) is 22.9 Å². The van der Waals surface area contributed by atoms with Gasteiger partial charge in [0.05, 0.1) is 12.1 Å². The number of fused-ring (bicyclic) bond motifs is 2. The molecule has 0 amide bonds. The second kappa shape index (κ2) is 5.62. The number of nitrogens with zero attached hydrogens (tertiary/aromatic N) is 2. The largest absolute Gasteiger partial charge is 0.390 e. The summed E-state index contributed by atoms with van der Waals surface area (Å²) in [5, 5.41) is 20.9. The molecule has 0 spiro atoms. The second-order valence-electron chi connectivity index (χ2n) is 6.50. The molecule has 1 fully saturated rings. The maximum absolute atomic E-state index is 9.98. The van der Waals surface area contributed by atoms with E-state index in [0.29, 0.717) is 6.54 Å². The summed E-state index contributed by atoms with van der Waals surface area (Å²) in [4.78, 5) is 9.53. The van der Waals surface area contributed by atoms with E-state index in [1.807, 2.05) is 13.1 Å². The highest BCUT2D eigenvalue weighted by Gasteiger charge is 2.26. The first-order chi connectivity index (χ1) is 11.2. The van der Waals surface area contributed by atoms with Gasteiger partial charge in [-0.1, -0.05) is 0 Å². The second-order valence-corrected chi connectivity index (χ2v) is 6.50. The minimum absolute atomic E-state index is 0.0137. The Bertz CT molecular complexity index is 760. The number of β-amino-alcohol motifs (C(OH)–C–C–N with tert-alkyl or cyclic N) is 1. The van der Waals surface area contributed by atoms with Gasteiger partial charge in [-0.25, -0.2) is 9.97 Å². The van der Waals surface area contributed by atoms with Crippen LogP contribution in [-0.4, -0.2) is 47.4 Å². The highest BCUT2D eigenvalue weighted by Crippen LogP contribution is 2.34. The van der Waals surface area contributed by atoms with Crippen molar-refractivity contribution in [1.29, 1.82) is 0 Å². The lowest BCUT2D eigenvalue weighted by Gasteiger charge is -2.18. The first-order valence-electron chi connectivity index (χ1n) is 8.33. The molecule has 1 saturated heterocycles. The topological polar surface area (TPSA) is 82.1 Å². The van der Waals surface area contributed by atoms with Crippen LogP contribution < -0.4 is 16.0 Å². The van der Waals surface area contributed by atoms with Crippen LogP contribution in [0.2, 0.25) is 0 Å². The van der Waals surface area contributed by atoms with Gasteiger partial charge >= 0.3 is 0 Å². The number of hydrogen-bond donors (Lipinski definition) is 4. The fraction of sp³-hybridized carbons (Fsp3) is 0.529. The van der Waals surface area contributed by atoms with Gasteiger partial charge in [0.25, 0.3) is 0 Å². The lowest BCUT2D eigenvalue weighted by molar-refractivity contribution is 0.185. The lowest BCUT2D eigenvalue weighted by Crippen LogP contribution is -2.32. The zero-order chi connectivity index (χ0) is 16.0. The van der Waals surface area contributed by atoms with Gasteiger partial charge in [0, 0.05) is 43.0 Å². The summed E-state index contributed by atoms with van der Waals surface area (Å²) in [5.74, 6) is 0.763. The Balaban J connectivity index is 1.80. The van der Waals surface area contributed by atoms with Crippen molar-refractivity contribution in [2.45, 2.75) is 38.3 Å². The number of aliphatic hydroxyl groups excluding tert-OH is 1. The van der Waals surface area contributed by atoms with Gasteiger partial charge in [0.1, 0.15) is 5.82 Å². The Kier molecular flexibility index (Phi) is 3.58. The first kappa shape index (κ1) is 14.7. The number of rotatable bonds is 3. The number of pyridine rings is 2. The predicted octanol–water partition coefficient (Wildman–Crippen LogP) is 1.21. The molecule has 3 heterocycles. The fourth-order valence-electron chi connectivity index (χ4n) is 3.79. The van der Waals surface area contributed by atoms with Gasteiger partial charge in [-0.2, -0.15) is 0 Å². The zero-order valence-corrected chi connectivity index (χ0v) is 13.6. The van der Waals surface area contributed by atoms with Gasteiger partial charge in [-0.05, 0) is 37.3 Å². The third-order valence-corrected chi connectivity index (χ3v) is 5.04. The predicted molar refractivity (Wildman–Crippen MR) is 92.1 cm³/mol. The van der Waals surface area contributed by atoms with Gasteiger partial charge in [0.2, 0.25) is 0 Å². The average molecular weight is 313 g/mol. The van der Waals surface area contributed by atoms with Crippen molar-refractivity contribution >= 4 is 22.5 Å². The summed E-state index contributed by atoms with van der Waals surface area (Å²) in [6.45, 7) is 3.54. The third kappa shape index (κ3) is 2.42. The molecule has 122 valence electrons.